The summed E-state index contributed by atoms with van der Waals surface area (Å²) in [4.78, 5) is 0. The molecule has 0 saturated heterocycles. The van der Waals surface area contributed by atoms with E-state index in [-0.39, 0.29) is 4.70 Å². The van der Waals surface area contributed by atoms with Crippen molar-refractivity contribution in [2.45, 2.75) is 0 Å². The molecule has 1 nitrogen and oxygen atoms in total. The van der Waals surface area contributed by atoms with Crippen LogP contribution in [-0.4, -0.2) is 5.57 Å². The second-order valence-corrected chi connectivity index (χ2v) is 0.192. The Bertz CT molecular complexity index is 8.36. The fraction of sp³-hybridized carbons (Fsp3) is 0. The molecule has 0 aromatic heterocycles. The molecule has 0 radical (unpaired) electrons. The van der Waals surface area contributed by atoms with E-state index in [1.54, 1.807) is 0 Å². The van der Waals surface area contributed by atoms with Crippen LogP contribution in [0.2, 0.25) is 0 Å². The Kier molecular flexibility index (Phi) is 6.49. The molecule has 0 spiro atoms. The highest BCUT2D eigenvalue weighted by atomic mass is 19.5. The topological polar surface area (TPSA) is 3.24 Å². The van der Waals surface area contributed by atoms with Crippen molar-refractivity contribution < 1.29 is 18.1 Å². The lowest BCUT2D eigenvalue weighted by Gasteiger charge is -1.67. The zero-order valence-electron chi connectivity index (χ0n) is 1.99. The number of hydrogen-bond acceptors (Lipinski definition) is 1. The molecule has 0 N–H and O–H groups in total. The van der Waals surface area contributed by atoms with Crippen LogP contribution in [0.15, 0.2) is 0 Å². The fourth-order valence-corrected chi connectivity index (χ4v) is 0. The maximum Gasteiger partial charge on any atom is 0.199 e. The van der Waals surface area contributed by atoms with Gasteiger partial charge < -0.3 is 0 Å². The monoisotopic (exact) mass is 91.0 g/mol. The van der Waals surface area contributed by atoms with Gasteiger partial charge in [0.1, 0.15) is 0 Å². The van der Waals surface area contributed by atoms with Gasteiger partial charge in [-0.05, 0) is 0 Å². The Balaban J connectivity index is 0. The average molecular weight is 91.0 g/mol. The third-order valence-corrected chi connectivity index (χ3v) is 0. The zero-order valence-corrected chi connectivity index (χ0v) is 1.99. The van der Waals surface area contributed by atoms with Gasteiger partial charge in [-0.15, -0.1) is 0 Å². The SMILES string of the molecule is F.FN(F)F. The molecule has 0 aromatic carbocycles. The van der Waals surface area contributed by atoms with Gasteiger partial charge in [-0.1, -0.05) is 13.4 Å². The molecule has 0 aromatic rings. The summed E-state index contributed by atoms with van der Waals surface area (Å²) in [6.07, 6.45) is 0. The van der Waals surface area contributed by atoms with Gasteiger partial charge >= 0.3 is 0 Å². The van der Waals surface area contributed by atoms with E-state index in [1.807, 2.05) is 0 Å². The summed E-state index contributed by atoms with van der Waals surface area (Å²) < 4.78 is 28.5. The van der Waals surface area contributed by atoms with Gasteiger partial charge in [0.2, 0.25) is 0 Å². The van der Waals surface area contributed by atoms with Crippen molar-refractivity contribution in [2.24, 2.45) is 0 Å². The molecule has 5 heteroatoms. The van der Waals surface area contributed by atoms with Crippen molar-refractivity contribution in [1.29, 1.82) is 0 Å². The summed E-state index contributed by atoms with van der Waals surface area (Å²) in [7, 11) is 0. The molecule has 0 aliphatic heterocycles. The highest BCUT2D eigenvalue weighted by molar-refractivity contribution is 3.24. The van der Waals surface area contributed by atoms with Gasteiger partial charge in [-0.3, -0.25) is 4.70 Å². The lowest BCUT2D eigenvalue weighted by atomic mass is 13.5. The average Bonchev–Trinajstić information content (AvgIpc) is 0.811. The zero-order chi connectivity index (χ0) is 3.58. The summed E-state index contributed by atoms with van der Waals surface area (Å²) in [5.41, 5.74) is -2.50. The third kappa shape index (κ3) is 101. The molecule has 5 heavy (non-hydrogen) atoms. The molecule has 0 fully saturated rings. The largest absolute Gasteiger partial charge is 0.269 e. The first-order chi connectivity index (χ1) is 1.73. The Morgan fingerprint density at radius 3 is 1.00 bits per heavy atom. The smallest absolute Gasteiger partial charge is 0.199 e. The van der Waals surface area contributed by atoms with Gasteiger partial charge in [-0.2, -0.15) is 0 Å². The Morgan fingerprint density at radius 1 is 1.00 bits per heavy atom. The second kappa shape index (κ2) is 3.68. The van der Waals surface area contributed by atoms with Crippen LogP contribution in [0, 0.1) is 0 Å². The van der Waals surface area contributed by atoms with Crippen molar-refractivity contribution in [3.63, 3.8) is 0 Å². The summed E-state index contributed by atoms with van der Waals surface area (Å²) in [6.45, 7) is 0. The Labute approximate surface area is 25.2 Å². The van der Waals surface area contributed by atoms with E-state index >= 15 is 0 Å². The summed E-state index contributed by atoms with van der Waals surface area (Å²) in [6, 6.07) is 0. The molecule has 0 heterocycles. The quantitative estimate of drug-likeness (QED) is 0.318. The van der Waals surface area contributed by atoms with E-state index in [0.29, 0.717) is 0 Å². The molecule has 0 aliphatic rings. The van der Waals surface area contributed by atoms with E-state index in [2.05, 4.69) is 0 Å². The maximum absolute atomic E-state index is 9.50. The van der Waals surface area contributed by atoms with Crippen LogP contribution in [0.25, 0.3) is 0 Å². The number of rotatable bonds is 0. The minimum atomic E-state index is -2.50. The first-order valence-corrected chi connectivity index (χ1v) is 0.507. The standard InChI is InChI=1S/F3N.FH/c1-4(2)3;/h;1H. The molecule has 0 amide bonds. The second-order valence-electron chi connectivity index (χ2n) is 0.192. The minimum Gasteiger partial charge on any atom is -0.269 e. The van der Waals surface area contributed by atoms with Crippen molar-refractivity contribution in [3.05, 3.63) is 0 Å². The van der Waals surface area contributed by atoms with Crippen molar-refractivity contribution in [1.82, 2.24) is 5.57 Å². The van der Waals surface area contributed by atoms with E-state index in [0.717, 1.165) is 0 Å². The number of halogens is 4. The first kappa shape index (κ1) is 8.82. The molecule has 0 rings (SSSR count). The van der Waals surface area contributed by atoms with Gasteiger partial charge in [0.15, 0.2) is 5.57 Å². The normalized spacial score (nSPS) is 7.20. The van der Waals surface area contributed by atoms with Crippen LogP contribution in [0.3, 0.4) is 0 Å². The molecule has 0 atom stereocenters. The predicted molar refractivity (Wildman–Crippen MR) is 7.67 cm³/mol. The van der Waals surface area contributed by atoms with Crippen molar-refractivity contribution >= 4 is 0 Å². The maximum atomic E-state index is 9.50. The lowest BCUT2D eigenvalue weighted by Crippen LogP contribution is -1.72. The molecule has 34 valence electrons. The fourth-order valence-electron chi connectivity index (χ4n) is 0. The van der Waals surface area contributed by atoms with Crippen molar-refractivity contribution in [3.8, 4) is 0 Å². The van der Waals surface area contributed by atoms with Gasteiger partial charge in [-0.25, -0.2) is 0 Å². The van der Waals surface area contributed by atoms with E-state index in [9.17, 15) is 13.4 Å². The Morgan fingerprint density at radius 2 is 1.00 bits per heavy atom. The summed E-state index contributed by atoms with van der Waals surface area (Å²) >= 11 is 0. The lowest BCUT2D eigenvalue weighted by molar-refractivity contribution is -0.295. The molecular weight excluding hydrogens is 90.0 g/mol. The van der Waals surface area contributed by atoms with Gasteiger partial charge in [0.05, 0.1) is 0 Å². The van der Waals surface area contributed by atoms with Crippen LogP contribution in [0.5, 0.6) is 0 Å². The Hall–Kier alpha value is -0.320. The summed E-state index contributed by atoms with van der Waals surface area (Å²) in [5, 5.41) is 0. The van der Waals surface area contributed by atoms with Crippen LogP contribution in [-0.2, 0) is 0 Å². The molecule has 0 aliphatic carbocycles. The van der Waals surface area contributed by atoms with Crippen LogP contribution < -0.4 is 0 Å². The number of hydrogen-bond donors (Lipinski definition) is 0. The van der Waals surface area contributed by atoms with E-state index < -0.39 is 5.57 Å². The van der Waals surface area contributed by atoms with Crippen LogP contribution >= 0.6 is 0 Å². The third-order valence-electron chi connectivity index (χ3n) is 0. The van der Waals surface area contributed by atoms with E-state index in [4.69, 9.17) is 0 Å². The first-order valence-electron chi connectivity index (χ1n) is 0.507. The highest BCUT2D eigenvalue weighted by Crippen LogP contribution is 1.82. The van der Waals surface area contributed by atoms with Crippen LogP contribution in [0.4, 0.5) is 18.1 Å². The van der Waals surface area contributed by atoms with Gasteiger partial charge in [0.25, 0.3) is 0 Å². The predicted octanol–water partition coefficient (Wildman–Crippen LogP) is 1.09. The highest BCUT2D eigenvalue weighted by Gasteiger charge is 1.80. The molecule has 0 saturated carbocycles. The minimum absolute atomic E-state index is 0. The van der Waals surface area contributed by atoms with E-state index in [1.165, 1.54) is 0 Å². The molecular formula is HF4N. The molecule has 0 unspecified atom stereocenters. The van der Waals surface area contributed by atoms with Crippen molar-refractivity contribution in [2.75, 3.05) is 0 Å². The number of nitrogens with zero attached hydrogens (tertiary/aromatic N) is 1. The van der Waals surface area contributed by atoms with Crippen LogP contribution in [0.1, 0.15) is 0 Å². The molecule has 0 bridgehead atoms. The van der Waals surface area contributed by atoms with Gasteiger partial charge in [0, 0.05) is 0 Å². The summed E-state index contributed by atoms with van der Waals surface area (Å²) in [5.74, 6) is 0.